The molecule has 1 aliphatic rings. The van der Waals surface area contributed by atoms with Crippen molar-refractivity contribution in [2.24, 2.45) is 5.41 Å². The molecule has 3 amide bonds. The highest BCUT2D eigenvalue weighted by Crippen LogP contribution is 2.34. The fraction of sp³-hybridized carbons (Fsp3) is 0.389. The molecule has 0 unspecified atom stereocenters. The first-order chi connectivity index (χ1) is 22.9. The zero-order valence-electron chi connectivity index (χ0n) is 27.9. The van der Waals surface area contributed by atoms with Crippen molar-refractivity contribution in [2.75, 3.05) is 26.8 Å². The van der Waals surface area contributed by atoms with Crippen LogP contribution < -0.4 is 14.8 Å². The molecule has 1 aliphatic heterocycles. The number of carbonyl (C=O) groups is 4. The molecule has 0 radical (unpaired) electrons. The van der Waals surface area contributed by atoms with Crippen LogP contribution in [0.5, 0.6) is 17.2 Å². The number of methoxy groups -OCH3 is 1. The van der Waals surface area contributed by atoms with Crippen LogP contribution in [-0.4, -0.2) is 72.7 Å². The highest BCUT2D eigenvalue weighted by Gasteiger charge is 2.48. The fourth-order valence-electron chi connectivity index (χ4n) is 5.48. The van der Waals surface area contributed by atoms with E-state index in [2.05, 4.69) is 21.2 Å². The molecule has 256 valence electrons. The number of nitrogens with zero attached hydrogens (tertiary/aromatic N) is 2. The van der Waals surface area contributed by atoms with Gasteiger partial charge in [0.25, 0.3) is 0 Å². The summed E-state index contributed by atoms with van der Waals surface area (Å²) in [6.07, 6.45) is -1.26. The molecule has 0 spiro atoms. The molecule has 3 aromatic rings. The number of alkyl halides is 1. The molecule has 0 saturated carbocycles. The summed E-state index contributed by atoms with van der Waals surface area (Å²) >= 11 is 3.45. The van der Waals surface area contributed by atoms with E-state index in [1.54, 1.807) is 38.3 Å². The van der Waals surface area contributed by atoms with Gasteiger partial charge in [0.15, 0.2) is 11.5 Å². The van der Waals surface area contributed by atoms with E-state index >= 15 is 0 Å². The van der Waals surface area contributed by atoms with E-state index in [1.165, 1.54) is 9.80 Å². The summed E-state index contributed by atoms with van der Waals surface area (Å²) in [6, 6.07) is 21.0. The molecule has 0 bridgehead atoms. The third-order valence-corrected chi connectivity index (χ3v) is 8.27. The second-order valence-electron chi connectivity index (χ2n) is 12.4. The Balaban J connectivity index is 1.43. The van der Waals surface area contributed by atoms with Gasteiger partial charge in [-0.2, -0.15) is 0 Å². The van der Waals surface area contributed by atoms with Gasteiger partial charge in [-0.05, 0) is 47.9 Å². The van der Waals surface area contributed by atoms with Gasteiger partial charge in [0, 0.05) is 17.2 Å². The maximum Gasteiger partial charge on any atom is 0.412 e. The molecular formula is C36H42BrN3O8. The van der Waals surface area contributed by atoms with Gasteiger partial charge in [-0.1, -0.05) is 85.2 Å². The first-order valence-corrected chi connectivity index (χ1v) is 16.8. The van der Waals surface area contributed by atoms with Crippen molar-refractivity contribution in [3.8, 4) is 17.2 Å². The smallest absolute Gasteiger partial charge is 0.412 e. The Kier molecular flexibility index (Phi) is 12.5. The third kappa shape index (κ3) is 9.50. The molecule has 0 aromatic heterocycles. The minimum absolute atomic E-state index is 0.0502. The van der Waals surface area contributed by atoms with Crippen LogP contribution >= 0.6 is 15.9 Å². The van der Waals surface area contributed by atoms with Gasteiger partial charge in [-0.15, -0.1) is 0 Å². The number of hydrogen-bond donors (Lipinski definition) is 1. The molecule has 48 heavy (non-hydrogen) atoms. The molecule has 0 aliphatic carbocycles. The zero-order valence-corrected chi connectivity index (χ0v) is 29.4. The van der Waals surface area contributed by atoms with Crippen LogP contribution in [0.1, 0.15) is 44.4 Å². The van der Waals surface area contributed by atoms with E-state index in [1.807, 2.05) is 69.3 Å². The van der Waals surface area contributed by atoms with Crippen molar-refractivity contribution in [1.29, 1.82) is 0 Å². The van der Waals surface area contributed by atoms with Crippen LogP contribution in [0.2, 0.25) is 0 Å². The van der Waals surface area contributed by atoms with Crippen molar-refractivity contribution >= 4 is 39.8 Å². The molecule has 1 fully saturated rings. The molecule has 1 saturated heterocycles. The Morgan fingerprint density at radius 1 is 0.938 bits per heavy atom. The summed E-state index contributed by atoms with van der Waals surface area (Å²) in [4.78, 5) is 55.4. The minimum atomic E-state index is -1.02. The van der Waals surface area contributed by atoms with Gasteiger partial charge >= 0.3 is 12.1 Å². The topological polar surface area (TPSA) is 124 Å². The predicted molar refractivity (Wildman–Crippen MR) is 183 cm³/mol. The average molecular weight is 725 g/mol. The van der Waals surface area contributed by atoms with Crippen LogP contribution in [0.25, 0.3) is 0 Å². The number of benzene rings is 3. The van der Waals surface area contributed by atoms with Gasteiger partial charge in [0.05, 0.1) is 13.7 Å². The molecule has 11 nitrogen and oxygen atoms in total. The van der Waals surface area contributed by atoms with Gasteiger partial charge in [0.1, 0.15) is 37.7 Å². The van der Waals surface area contributed by atoms with E-state index in [9.17, 15) is 19.2 Å². The monoisotopic (exact) mass is 723 g/mol. The van der Waals surface area contributed by atoms with Crippen molar-refractivity contribution in [3.63, 3.8) is 0 Å². The SMILES string of the molecule is CCOC(=O)[C@H](Cc1ccc(Oc2cc(CBr)ccc2OC)cc1)NC(=O)CN1C(=O)CN(C(=O)OCc2ccccc2)[C@H]1C(C)(C)C. The van der Waals surface area contributed by atoms with Crippen LogP contribution in [0.15, 0.2) is 72.8 Å². The van der Waals surface area contributed by atoms with E-state index in [4.69, 9.17) is 18.9 Å². The highest BCUT2D eigenvalue weighted by molar-refractivity contribution is 9.08. The number of halogens is 1. The summed E-state index contributed by atoms with van der Waals surface area (Å²) in [5, 5.41) is 3.41. The lowest BCUT2D eigenvalue weighted by atomic mass is 9.91. The third-order valence-electron chi connectivity index (χ3n) is 7.62. The molecule has 4 rings (SSSR count). The number of esters is 1. The summed E-state index contributed by atoms with van der Waals surface area (Å²) < 4.78 is 22.3. The van der Waals surface area contributed by atoms with Crippen LogP contribution in [0.3, 0.4) is 0 Å². The van der Waals surface area contributed by atoms with Gasteiger partial charge in [-0.25, -0.2) is 9.59 Å². The number of hydrogen-bond acceptors (Lipinski definition) is 8. The second-order valence-corrected chi connectivity index (χ2v) is 12.9. The summed E-state index contributed by atoms with van der Waals surface area (Å²) in [5.41, 5.74) is 1.98. The van der Waals surface area contributed by atoms with Crippen LogP contribution in [-0.2, 0) is 42.2 Å². The van der Waals surface area contributed by atoms with E-state index < -0.39 is 41.5 Å². The maximum atomic E-state index is 13.4. The standard InChI is InChI=1S/C36H42BrN3O8/c1-6-46-33(43)28(18-24-12-15-27(16-13-24)48-30-19-26(20-37)14-17-29(30)45-5)38-31(41)21-39-32(42)22-40(34(39)36(2,3)4)35(44)47-23-25-10-8-7-9-11-25/h7-17,19,28,34H,6,18,20-23H2,1-5H3,(H,38,41)/t28-,34-/m0/s1. The lowest BCUT2D eigenvalue weighted by Gasteiger charge is -2.38. The fourth-order valence-corrected chi connectivity index (χ4v) is 5.82. The summed E-state index contributed by atoms with van der Waals surface area (Å²) in [5.74, 6) is 0.150. The Labute approximate surface area is 289 Å². The van der Waals surface area contributed by atoms with E-state index in [0.29, 0.717) is 22.6 Å². The van der Waals surface area contributed by atoms with Crippen molar-refractivity contribution in [3.05, 3.63) is 89.5 Å². The van der Waals surface area contributed by atoms with Gasteiger partial charge < -0.3 is 29.2 Å². The molecular weight excluding hydrogens is 682 g/mol. The summed E-state index contributed by atoms with van der Waals surface area (Å²) in [7, 11) is 1.57. The molecule has 3 aromatic carbocycles. The Morgan fingerprint density at radius 2 is 1.62 bits per heavy atom. The minimum Gasteiger partial charge on any atom is -0.493 e. The lowest BCUT2D eigenvalue weighted by Crippen LogP contribution is -2.54. The van der Waals surface area contributed by atoms with Crippen molar-refractivity contribution in [1.82, 2.24) is 15.1 Å². The number of amides is 3. The van der Waals surface area contributed by atoms with Crippen molar-refractivity contribution < 1.29 is 38.1 Å². The molecule has 2 atom stereocenters. The van der Waals surface area contributed by atoms with Gasteiger partial charge in [-0.3, -0.25) is 14.5 Å². The number of rotatable bonds is 13. The van der Waals surface area contributed by atoms with Crippen LogP contribution in [0.4, 0.5) is 4.79 Å². The number of nitrogens with one attached hydrogen (secondary N) is 1. The van der Waals surface area contributed by atoms with E-state index in [-0.39, 0.29) is 32.7 Å². The quantitative estimate of drug-likeness (QED) is 0.173. The highest BCUT2D eigenvalue weighted by atomic mass is 79.9. The normalized spacial score (nSPS) is 15.1. The first kappa shape index (κ1) is 36.3. The zero-order chi connectivity index (χ0) is 34.8. The Morgan fingerprint density at radius 3 is 2.25 bits per heavy atom. The van der Waals surface area contributed by atoms with Gasteiger partial charge in [0.2, 0.25) is 11.8 Å². The molecule has 12 heteroatoms. The van der Waals surface area contributed by atoms with Crippen LogP contribution in [0, 0.1) is 5.41 Å². The Bertz CT molecular complexity index is 1580. The summed E-state index contributed by atoms with van der Waals surface area (Å²) in [6.45, 7) is 6.90. The second kappa shape index (κ2) is 16.5. The molecule has 1 heterocycles. The largest absolute Gasteiger partial charge is 0.493 e. The Hall–Kier alpha value is -4.58. The van der Waals surface area contributed by atoms with E-state index in [0.717, 1.165) is 16.7 Å². The first-order valence-electron chi connectivity index (χ1n) is 15.7. The molecule has 1 N–H and O–H groups in total. The van der Waals surface area contributed by atoms with Crippen molar-refractivity contribution in [2.45, 2.75) is 58.3 Å². The predicted octanol–water partition coefficient (Wildman–Crippen LogP) is 5.83. The average Bonchev–Trinajstić information content (AvgIpc) is 3.40. The number of carbonyl (C=O) groups excluding carboxylic acids is 4. The number of ether oxygens (including phenoxy) is 4. The lowest BCUT2D eigenvalue weighted by molar-refractivity contribution is -0.147. The maximum absolute atomic E-state index is 13.4.